The van der Waals surface area contributed by atoms with Crippen LogP contribution in [0.4, 0.5) is 4.79 Å². The molecule has 3 saturated heterocycles. The fourth-order valence-electron chi connectivity index (χ4n) is 3.37. The molecule has 3 rings (SSSR count). The molecule has 146 valence electrons. The number of carbonyl (C=O) groups excluding carboxylic acids is 3. The predicted molar refractivity (Wildman–Crippen MR) is 89.7 cm³/mol. The number of nitrogens with zero attached hydrogens (tertiary/aromatic N) is 2. The molecule has 26 heavy (non-hydrogen) atoms. The molecule has 0 radical (unpaired) electrons. The van der Waals surface area contributed by atoms with Crippen molar-refractivity contribution < 1.29 is 31.6 Å². The number of rotatable bonds is 4. The van der Waals surface area contributed by atoms with Crippen molar-refractivity contribution in [2.75, 3.05) is 18.1 Å². The van der Waals surface area contributed by atoms with Gasteiger partial charge in [0.25, 0.3) is 5.91 Å². The highest BCUT2D eigenvalue weighted by molar-refractivity contribution is 7.99. The maximum atomic E-state index is 12.4. The van der Waals surface area contributed by atoms with Crippen LogP contribution in [0.1, 0.15) is 25.7 Å². The largest absolute Gasteiger partial charge is 0.418 e. The Labute approximate surface area is 154 Å². The van der Waals surface area contributed by atoms with Gasteiger partial charge < -0.3 is 4.90 Å². The summed E-state index contributed by atoms with van der Waals surface area (Å²) in [6.07, 6.45) is 2.11. The van der Waals surface area contributed by atoms with Crippen LogP contribution in [0.3, 0.4) is 0 Å². The van der Waals surface area contributed by atoms with Crippen LogP contribution in [0.15, 0.2) is 0 Å². The van der Waals surface area contributed by atoms with Gasteiger partial charge in [0, 0.05) is 12.5 Å². The quantitative estimate of drug-likeness (QED) is 0.408. The monoisotopic (exact) mass is 408 g/mol. The average molecular weight is 408 g/mol. The van der Waals surface area contributed by atoms with Gasteiger partial charge in [0.1, 0.15) is 6.04 Å². The minimum atomic E-state index is -4.83. The Hall–Kier alpha value is -1.57. The number of fused-ring (bicyclic) bond motifs is 2. The van der Waals surface area contributed by atoms with Crippen molar-refractivity contribution in [1.82, 2.24) is 20.8 Å². The van der Waals surface area contributed by atoms with Crippen molar-refractivity contribution in [1.29, 1.82) is 0 Å². The third-order valence-electron chi connectivity index (χ3n) is 4.70. The standard InChI is InChI=1S/C13H20N4O7S2/c18-11(8-3-5-25-6-4-8)14-15-12(19)10-2-1-9-7-16(10)13(20)17(9)24-26(21,22)23/h8-10H,1-7H2,(H,14,18)(H,15,19)(H,21,22,23)/t9?,10-/m0/s1. The van der Waals surface area contributed by atoms with E-state index in [0.29, 0.717) is 11.5 Å². The lowest BCUT2D eigenvalue weighted by Crippen LogP contribution is -2.55. The van der Waals surface area contributed by atoms with Gasteiger partial charge in [0.05, 0.1) is 6.04 Å². The maximum Gasteiger partial charge on any atom is 0.418 e. The minimum Gasteiger partial charge on any atom is -0.309 e. The van der Waals surface area contributed by atoms with Crippen molar-refractivity contribution in [2.45, 2.75) is 37.8 Å². The van der Waals surface area contributed by atoms with Crippen LogP contribution in [0, 0.1) is 5.92 Å². The number of hydrogen-bond donors (Lipinski definition) is 3. The summed E-state index contributed by atoms with van der Waals surface area (Å²) in [6.45, 7) is 0.0975. The number of nitrogens with one attached hydrogen (secondary N) is 2. The normalized spacial score (nSPS) is 26.7. The molecule has 3 aliphatic rings. The van der Waals surface area contributed by atoms with Gasteiger partial charge in [-0.1, -0.05) is 0 Å². The zero-order valence-corrected chi connectivity index (χ0v) is 15.4. The molecule has 0 saturated carbocycles. The molecule has 0 aromatic heterocycles. The summed E-state index contributed by atoms with van der Waals surface area (Å²) < 4.78 is 34.8. The van der Waals surface area contributed by atoms with Gasteiger partial charge in [-0.15, -0.1) is 4.28 Å². The Morgan fingerprint density at radius 3 is 2.42 bits per heavy atom. The predicted octanol–water partition coefficient (Wildman–Crippen LogP) is -0.720. The second-order valence-electron chi connectivity index (χ2n) is 6.38. The summed E-state index contributed by atoms with van der Waals surface area (Å²) in [4.78, 5) is 37.9. The summed E-state index contributed by atoms with van der Waals surface area (Å²) in [5.41, 5.74) is 4.76. The minimum absolute atomic E-state index is 0.0975. The first kappa shape index (κ1) is 19.2. The van der Waals surface area contributed by atoms with E-state index in [-0.39, 0.29) is 24.8 Å². The van der Waals surface area contributed by atoms with E-state index >= 15 is 0 Å². The van der Waals surface area contributed by atoms with Crippen molar-refractivity contribution in [3.05, 3.63) is 0 Å². The van der Waals surface area contributed by atoms with Gasteiger partial charge in [-0.25, -0.2) is 4.79 Å². The summed E-state index contributed by atoms with van der Waals surface area (Å²) in [5, 5.41) is 0.570. The number of urea groups is 1. The van der Waals surface area contributed by atoms with Crippen LogP contribution >= 0.6 is 11.8 Å². The number of amides is 4. The van der Waals surface area contributed by atoms with Gasteiger partial charge in [-0.3, -0.25) is 25.0 Å². The first-order valence-electron chi connectivity index (χ1n) is 8.20. The number of hydrazine groups is 1. The molecule has 0 aromatic carbocycles. The molecule has 3 fully saturated rings. The molecular weight excluding hydrogens is 388 g/mol. The van der Waals surface area contributed by atoms with Crippen molar-refractivity contribution in [2.24, 2.45) is 5.92 Å². The number of thioether (sulfide) groups is 1. The van der Waals surface area contributed by atoms with Crippen molar-refractivity contribution >= 4 is 40.0 Å². The van der Waals surface area contributed by atoms with Crippen LogP contribution in [0.2, 0.25) is 0 Å². The van der Waals surface area contributed by atoms with Crippen LogP contribution in [0.5, 0.6) is 0 Å². The van der Waals surface area contributed by atoms with E-state index in [0.717, 1.165) is 29.2 Å². The molecule has 3 N–H and O–H groups in total. The summed E-state index contributed by atoms with van der Waals surface area (Å²) >= 11 is 1.79. The molecule has 13 heteroatoms. The van der Waals surface area contributed by atoms with Gasteiger partial charge in [-0.05, 0) is 37.2 Å². The Morgan fingerprint density at radius 1 is 1.12 bits per heavy atom. The van der Waals surface area contributed by atoms with E-state index in [2.05, 4.69) is 15.1 Å². The topological polar surface area (TPSA) is 145 Å². The molecule has 3 heterocycles. The molecular formula is C13H20N4O7S2. The van der Waals surface area contributed by atoms with Crippen molar-refractivity contribution in [3.63, 3.8) is 0 Å². The van der Waals surface area contributed by atoms with E-state index in [1.54, 1.807) is 11.8 Å². The Balaban J connectivity index is 1.56. The molecule has 0 aromatic rings. The highest BCUT2D eigenvalue weighted by Crippen LogP contribution is 2.30. The Morgan fingerprint density at radius 2 is 1.77 bits per heavy atom. The van der Waals surface area contributed by atoms with Crippen LogP contribution in [0.25, 0.3) is 0 Å². The second kappa shape index (κ2) is 7.58. The van der Waals surface area contributed by atoms with Crippen molar-refractivity contribution in [3.8, 4) is 0 Å². The molecule has 1 unspecified atom stereocenters. The average Bonchev–Trinajstić information content (AvgIpc) is 2.84. The van der Waals surface area contributed by atoms with E-state index < -0.39 is 34.4 Å². The summed E-state index contributed by atoms with van der Waals surface area (Å²) in [5.74, 6) is 0.865. The van der Waals surface area contributed by atoms with Gasteiger partial charge in [-0.2, -0.15) is 25.2 Å². The lowest BCUT2D eigenvalue weighted by Gasteiger charge is -2.29. The smallest absolute Gasteiger partial charge is 0.309 e. The first-order valence-corrected chi connectivity index (χ1v) is 10.7. The lowest BCUT2D eigenvalue weighted by molar-refractivity contribution is -0.133. The third kappa shape index (κ3) is 4.22. The van der Waals surface area contributed by atoms with Crippen LogP contribution < -0.4 is 10.9 Å². The fraction of sp³-hybridized carbons (Fsp3) is 0.769. The molecule has 11 nitrogen and oxygen atoms in total. The Bertz CT molecular complexity index is 695. The number of hydrogen-bond acceptors (Lipinski definition) is 7. The molecule has 3 aliphatic heterocycles. The van der Waals surface area contributed by atoms with E-state index in [4.69, 9.17) is 4.55 Å². The highest BCUT2D eigenvalue weighted by Gasteiger charge is 2.49. The molecule has 0 aliphatic carbocycles. The van der Waals surface area contributed by atoms with Crippen LogP contribution in [-0.2, 0) is 24.3 Å². The number of hydroxylamine groups is 2. The molecule has 0 spiro atoms. The fourth-order valence-corrected chi connectivity index (χ4v) is 4.87. The van der Waals surface area contributed by atoms with E-state index in [1.165, 1.54) is 0 Å². The number of piperidine rings is 1. The number of carbonyl (C=O) groups is 3. The summed E-state index contributed by atoms with van der Waals surface area (Å²) in [7, 11) is -4.83. The summed E-state index contributed by atoms with van der Waals surface area (Å²) in [6, 6.07) is -2.24. The third-order valence-corrected chi connectivity index (χ3v) is 6.10. The van der Waals surface area contributed by atoms with E-state index in [1.807, 2.05) is 0 Å². The molecule has 2 atom stereocenters. The Kier molecular flexibility index (Phi) is 5.60. The first-order chi connectivity index (χ1) is 12.3. The maximum absolute atomic E-state index is 12.4. The zero-order chi connectivity index (χ0) is 18.9. The molecule has 2 bridgehead atoms. The lowest BCUT2D eigenvalue weighted by atomic mass is 10.0. The zero-order valence-electron chi connectivity index (χ0n) is 13.8. The van der Waals surface area contributed by atoms with E-state index in [9.17, 15) is 22.8 Å². The molecule has 4 amide bonds. The SMILES string of the molecule is O=C(NNC(=O)[C@@H]1CCC2CN1C(=O)N2OS(=O)(=O)O)C1CCSCC1. The highest BCUT2D eigenvalue weighted by atomic mass is 32.3. The van der Waals surface area contributed by atoms with Gasteiger partial charge in [0.15, 0.2) is 0 Å². The van der Waals surface area contributed by atoms with Gasteiger partial charge in [0.2, 0.25) is 5.91 Å². The van der Waals surface area contributed by atoms with Crippen LogP contribution in [-0.4, -0.2) is 70.9 Å². The van der Waals surface area contributed by atoms with Gasteiger partial charge >= 0.3 is 16.4 Å². The second-order valence-corrected chi connectivity index (χ2v) is 8.60.